The van der Waals surface area contributed by atoms with Gasteiger partial charge in [0.2, 0.25) is 0 Å². The monoisotopic (exact) mass is 364 g/mol. The molecular formula is C14H9ClF4N2O3. The highest BCUT2D eigenvalue weighted by atomic mass is 35.5. The number of rotatable bonds is 4. The molecular weight excluding hydrogens is 356 g/mol. The lowest BCUT2D eigenvalue weighted by Gasteiger charge is -2.13. The smallest absolute Gasteiger partial charge is 0.416 e. The molecule has 0 aromatic heterocycles. The van der Waals surface area contributed by atoms with E-state index in [1.54, 1.807) is 0 Å². The zero-order chi connectivity index (χ0) is 18.1. The molecule has 0 aliphatic heterocycles. The van der Waals surface area contributed by atoms with Crippen LogP contribution in [0.15, 0.2) is 30.3 Å². The van der Waals surface area contributed by atoms with E-state index in [0.717, 1.165) is 6.07 Å². The maximum Gasteiger partial charge on any atom is 0.416 e. The van der Waals surface area contributed by atoms with Gasteiger partial charge in [0.15, 0.2) is 11.6 Å². The summed E-state index contributed by atoms with van der Waals surface area (Å²) in [7, 11) is 1.43. The molecule has 24 heavy (non-hydrogen) atoms. The van der Waals surface area contributed by atoms with Gasteiger partial charge in [0.1, 0.15) is 11.4 Å². The second-order valence-corrected chi connectivity index (χ2v) is 4.96. The van der Waals surface area contributed by atoms with Crippen molar-refractivity contribution in [1.82, 2.24) is 0 Å². The molecule has 1 N–H and O–H groups in total. The third-order valence-corrected chi connectivity index (χ3v) is 3.26. The van der Waals surface area contributed by atoms with Gasteiger partial charge in [0.25, 0.3) is 5.69 Å². The Bertz CT molecular complexity index is 773. The first-order valence-electron chi connectivity index (χ1n) is 6.33. The zero-order valence-corrected chi connectivity index (χ0v) is 12.7. The van der Waals surface area contributed by atoms with Crippen molar-refractivity contribution in [2.45, 2.75) is 6.18 Å². The predicted molar refractivity (Wildman–Crippen MR) is 79.1 cm³/mol. The topological polar surface area (TPSA) is 64.4 Å². The fraction of sp³-hybridized carbons (Fsp3) is 0.143. The van der Waals surface area contributed by atoms with Gasteiger partial charge < -0.3 is 10.1 Å². The van der Waals surface area contributed by atoms with Gasteiger partial charge in [-0.3, -0.25) is 10.1 Å². The van der Waals surface area contributed by atoms with Gasteiger partial charge >= 0.3 is 6.18 Å². The number of ether oxygens (including phenoxy) is 1. The van der Waals surface area contributed by atoms with Crippen molar-refractivity contribution >= 4 is 23.0 Å². The van der Waals surface area contributed by atoms with Crippen LogP contribution in [0.25, 0.3) is 0 Å². The molecule has 128 valence electrons. The molecule has 0 fully saturated rings. The summed E-state index contributed by atoms with van der Waals surface area (Å²) in [5, 5.41) is 12.8. The molecule has 0 heterocycles. The zero-order valence-electron chi connectivity index (χ0n) is 11.9. The van der Waals surface area contributed by atoms with Crippen molar-refractivity contribution in [3.63, 3.8) is 0 Å². The van der Waals surface area contributed by atoms with Crippen LogP contribution in [-0.4, -0.2) is 12.0 Å². The number of nitrogens with one attached hydrogen (secondary N) is 1. The largest absolute Gasteiger partial charge is 0.453 e. The van der Waals surface area contributed by atoms with E-state index >= 15 is 0 Å². The van der Waals surface area contributed by atoms with Crippen molar-refractivity contribution in [2.75, 3.05) is 12.4 Å². The van der Waals surface area contributed by atoms with Crippen molar-refractivity contribution in [1.29, 1.82) is 0 Å². The summed E-state index contributed by atoms with van der Waals surface area (Å²) in [4.78, 5) is 10.2. The molecule has 2 rings (SSSR count). The number of halogens is 5. The molecule has 0 saturated carbocycles. The maximum absolute atomic E-state index is 13.9. The third-order valence-electron chi connectivity index (χ3n) is 2.98. The van der Waals surface area contributed by atoms with Crippen molar-refractivity contribution in [2.24, 2.45) is 0 Å². The van der Waals surface area contributed by atoms with Gasteiger partial charge in [-0.15, -0.1) is 0 Å². The number of nitro benzene ring substituents is 1. The molecule has 10 heteroatoms. The number of hydrogen-bond donors (Lipinski definition) is 1. The molecule has 0 atom stereocenters. The first kappa shape index (κ1) is 17.8. The van der Waals surface area contributed by atoms with Crippen LogP contribution >= 0.6 is 11.6 Å². The van der Waals surface area contributed by atoms with Crippen LogP contribution in [-0.2, 0) is 6.18 Å². The van der Waals surface area contributed by atoms with Crippen molar-refractivity contribution in [3.05, 3.63) is 56.8 Å². The number of nitrogens with zero attached hydrogens (tertiary/aromatic N) is 1. The maximum atomic E-state index is 13.9. The number of benzene rings is 2. The van der Waals surface area contributed by atoms with E-state index < -0.39 is 33.3 Å². The lowest BCUT2D eigenvalue weighted by molar-refractivity contribution is -0.384. The molecule has 0 unspecified atom stereocenters. The Morgan fingerprint density at radius 2 is 1.92 bits per heavy atom. The average Bonchev–Trinajstić information content (AvgIpc) is 2.49. The van der Waals surface area contributed by atoms with Gasteiger partial charge in [0.05, 0.1) is 15.5 Å². The Morgan fingerprint density at radius 3 is 2.42 bits per heavy atom. The van der Waals surface area contributed by atoms with E-state index in [2.05, 4.69) is 5.32 Å². The lowest BCUT2D eigenvalue weighted by atomic mass is 10.2. The fourth-order valence-electron chi connectivity index (χ4n) is 1.88. The SMILES string of the molecule is CNc1cc(Oc2c(F)cc(C(F)(F)F)cc2Cl)ccc1[N+](=O)[O-]. The summed E-state index contributed by atoms with van der Waals surface area (Å²) in [6.45, 7) is 0. The highest BCUT2D eigenvalue weighted by Crippen LogP contribution is 2.39. The molecule has 0 spiro atoms. The number of nitro groups is 1. The van der Waals surface area contributed by atoms with Crippen molar-refractivity contribution in [3.8, 4) is 11.5 Å². The molecule has 0 bridgehead atoms. The Kier molecular flexibility index (Phi) is 4.83. The van der Waals surface area contributed by atoms with E-state index in [-0.39, 0.29) is 23.2 Å². The van der Waals surface area contributed by atoms with Crippen LogP contribution in [0.3, 0.4) is 0 Å². The van der Waals surface area contributed by atoms with Gasteiger partial charge in [-0.25, -0.2) is 4.39 Å². The van der Waals surface area contributed by atoms with Crippen molar-refractivity contribution < 1.29 is 27.2 Å². The van der Waals surface area contributed by atoms with Crippen LogP contribution in [0, 0.1) is 15.9 Å². The molecule has 0 saturated heterocycles. The number of alkyl halides is 3. The minimum atomic E-state index is -4.75. The predicted octanol–water partition coefficient (Wildman–Crippen LogP) is 5.24. The van der Waals surface area contributed by atoms with E-state index in [1.165, 1.54) is 19.2 Å². The lowest BCUT2D eigenvalue weighted by Crippen LogP contribution is -2.06. The minimum Gasteiger partial charge on any atom is -0.453 e. The van der Waals surface area contributed by atoms with E-state index in [4.69, 9.17) is 16.3 Å². The molecule has 0 amide bonds. The van der Waals surface area contributed by atoms with E-state index in [1.807, 2.05) is 0 Å². The quantitative estimate of drug-likeness (QED) is 0.458. The molecule has 2 aromatic carbocycles. The second-order valence-electron chi connectivity index (χ2n) is 4.55. The van der Waals surface area contributed by atoms with E-state index in [9.17, 15) is 27.7 Å². The molecule has 0 radical (unpaired) electrons. The summed E-state index contributed by atoms with van der Waals surface area (Å²) in [6.07, 6.45) is -4.75. The summed E-state index contributed by atoms with van der Waals surface area (Å²) in [6, 6.07) is 4.27. The van der Waals surface area contributed by atoms with Gasteiger partial charge in [-0.1, -0.05) is 11.6 Å². The van der Waals surface area contributed by atoms with Crippen LogP contribution in [0.2, 0.25) is 5.02 Å². The van der Waals surface area contributed by atoms with E-state index in [0.29, 0.717) is 6.07 Å². The highest BCUT2D eigenvalue weighted by molar-refractivity contribution is 6.32. The molecule has 5 nitrogen and oxygen atoms in total. The minimum absolute atomic E-state index is 0.0366. The van der Waals surface area contributed by atoms with Gasteiger partial charge in [-0.2, -0.15) is 13.2 Å². The highest BCUT2D eigenvalue weighted by Gasteiger charge is 2.32. The van der Waals surface area contributed by atoms with Crippen LogP contribution in [0.5, 0.6) is 11.5 Å². The normalized spacial score (nSPS) is 11.2. The van der Waals surface area contributed by atoms with Gasteiger partial charge in [-0.05, 0) is 18.2 Å². The average molecular weight is 365 g/mol. The molecule has 2 aromatic rings. The molecule has 0 aliphatic rings. The third kappa shape index (κ3) is 3.67. The fourth-order valence-corrected chi connectivity index (χ4v) is 2.12. The second kappa shape index (κ2) is 6.52. The standard InChI is InChI=1S/C14H9ClF4N2O3/c1-20-11-6-8(2-3-12(11)21(22)23)24-13-9(15)4-7(5-10(13)16)14(17,18)19/h2-6,20H,1H3. The summed E-state index contributed by atoms with van der Waals surface area (Å²) in [5.41, 5.74) is -1.42. The Morgan fingerprint density at radius 1 is 1.25 bits per heavy atom. The van der Waals surface area contributed by atoms with Crippen LogP contribution in [0.4, 0.5) is 28.9 Å². The Hall–Kier alpha value is -2.55. The Labute approximate surface area is 138 Å². The summed E-state index contributed by atoms with van der Waals surface area (Å²) in [5.74, 6) is -1.95. The van der Waals surface area contributed by atoms with Gasteiger partial charge in [0, 0.05) is 19.2 Å². The van der Waals surface area contributed by atoms with Crippen LogP contribution in [0.1, 0.15) is 5.56 Å². The number of anilines is 1. The first-order chi connectivity index (χ1) is 11.1. The van der Waals surface area contributed by atoms with Crippen LogP contribution < -0.4 is 10.1 Å². The number of hydrogen-bond acceptors (Lipinski definition) is 4. The summed E-state index contributed by atoms with van der Waals surface area (Å²) >= 11 is 5.66. The first-order valence-corrected chi connectivity index (χ1v) is 6.71. The summed E-state index contributed by atoms with van der Waals surface area (Å²) < 4.78 is 56.8. The molecule has 0 aliphatic carbocycles. The Balaban J connectivity index is 2.40.